The van der Waals surface area contributed by atoms with E-state index >= 15 is 0 Å². The van der Waals surface area contributed by atoms with Crippen molar-refractivity contribution in [3.8, 4) is 0 Å². The van der Waals surface area contributed by atoms with Gasteiger partial charge in [0.25, 0.3) is 0 Å². The van der Waals surface area contributed by atoms with Crippen molar-refractivity contribution in [1.29, 1.82) is 0 Å². The van der Waals surface area contributed by atoms with Crippen LogP contribution in [0.4, 0.5) is 13.2 Å². The number of hydrogen-bond donors (Lipinski definition) is 1. The van der Waals surface area contributed by atoms with Crippen LogP contribution in [0.3, 0.4) is 0 Å². The first-order valence-electron chi connectivity index (χ1n) is 5.54. The molecule has 1 saturated heterocycles. The number of rotatable bonds is 6. The molecule has 0 aromatic heterocycles. The first kappa shape index (κ1) is 13.7. The standard InChI is InChI=1S/C10H18F3NO2/c1-2-14-8(3-4-10(11,12)13)7-9-15-5-6-16-9/h8-9,14H,2-7H2,1H3. The molecule has 16 heavy (non-hydrogen) atoms. The third-order valence-corrected chi connectivity index (χ3v) is 2.44. The Bertz CT molecular complexity index is 193. The van der Waals surface area contributed by atoms with Gasteiger partial charge in [-0.05, 0) is 13.0 Å². The van der Waals surface area contributed by atoms with Gasteiger partial charge in [-0.2, -0.15) is 13.2 Å². The van der Waals surface area contributed by atoms with E-state index in [4.69, 9.17) is 9.47 Å². The van der Waals surface area contributed by atoms with Crippen molar-refractivity contribution < 1.29 is 22.6 Å². The molecule has 0 aromatic rings. The van der Waals surface area contributed by atoms with E-state index in [1.54, 1.807) is 0 Å². The van der Waals surface area contributed by atoms with Crippen molar-refractivity contribution in [3.63, 3.8) is 0 Å². The summed E-state index contributed by atoms with van der Waals surface area (Å²) in [4.78, 5) is 0. The SMILES string of the molecule is CCNC(CCC(F)(F)F)CC1OCCO1. The molecule has 1 fully saturated rings. The largest absolute Gasteiger partial charge is 0.389 e. The number of halogens is 3. The molecule has 1 heterocycles. The van der Waals surface area contributed by atoms with Gasteiger partial charge in [0, 0.05) is 18.9 Å². The number of alkyl halides is 3. The molecule has 96 valence electrons. The fraction of sp³-hybridized carbons (Fsp3) is 1.00. The Balaban J connectivity index is 2.28. The van der Waals surface area contributed by atoms with Crippen LogP contribution in [0.15, 0.2) is 0 Å². The predicted octanol–water partition coefficient (Wildman–Crippen LogP) is 2.07. The molecule has 0 spiro atoms. The van der Waals surface area contributed by atoms with Crippen LogP contribution in [0, 0.1) is 0 Å². The van der Waals surface area contributed by atoms with Crippen molar-refractivity contribution in [3.05, 3.63) is 0 Å². The highest BCUT2D eigenvalue weighted by Gasteiger charge is 2.29. The van der Waals surface area contributed by atoms with Gasteiger partial charge >= 0.3 is 6.18 Å². The van der Waals surface area contributed by atoms with Crippen LogP contribution in [-0.4, -0.2) is 38.3 Å². The second kappa shape index (κ2) is 6.42. The molecular weight excluding hydrogens is 223 g/mol. The zero-order valence-corrected chi connectivity index (χ0v) is 9.35. The quantitative estimate of drug-likeness (QED) is 0.772. The summed E-state index contributed by atoms with van der Waals surface area (Å²) in [5.74, 6) is 0. The predicted molar refractivity (Wildman–Crippen MR) is 53.1 cm³/mol. The highest BCUT2D eigenvalue weighted by Crippen LogP contribution is 2.24. The van der Waals surface area contributed by atoms with Crippen LogP contribution in [0.1, 0.15) is 26.2 Å². The topological polar surface area (TPSA) is 30.5 Å². The Morgan fingerprint density at radius 2 is 1.94 bits per heavy atom. The van der Waals surface area contributed by atoms with Gasteiger partial charge in [0.1, 0.15) is 0 Å². The lowest BCUT2D eigenvalue weighted by atomic mass is 10.1. The fourth-order valence-corrected chi connectivity index (χ4v) is 1.71. The minimum absolute atomic E-state index is 0.0700. The van der Waals surface area contributed by atoms with E-state index in [2.05, 4.69) is 5.32 Å². The molecule has 0 amide bonds. The van der Waals surface area contributed by atoms with Crippen molar-refractivity contribution in [2.45, 2.75) is 44.7 Å². The van der Waals surface area contributed by atoms with Gasteiger partial charge in [-0.15, -0.1) is 0 Å². The lowest BCUT2D eigenvalue weighted by Gasteiger charge is -2.21. The maximum atomic E-state index is 12.1. The van der Waals surface area contributed by atoms with Gasteiger partial charge in [0.05, 0.1) is 13.2 Å². The molecule has 1 unspecified atom stereocenters. The van der Waals surface area contributed by atoms with Crippen LogP contribution in [0.25, 0.3) is 0 Å². The number of ether oxygens (including phenoxy) is 2. The highest BCUT2D eigenvalue weighted by molar-refractivity contribution is 4.71. The average molecular weight is 241 g/mol. The van der Waals surface area contributed by atoms with Crippen LogP contribution in [0.2, 0.25) is 0 Å². The van der Waals surface area contributed by atoms with Gasteiger partial charge in [-0.25, -0.2) is 0 Å². The summed E-state index contributed by atoms with van der Waals surface area (Å²) < 4.78 is 46.7. The van der Waals surface area contributed by atoms with E-state index < -0.39 is 12.6 Å². The summed E-state index contributed by atoms with van der Waals surface area (Å²) >= 11 is 0. The summed E-state index contributed by atoms with van der Waals surface area (Å²) in [5.41, 5.74) is 0. The molecule has 1 N–H and O–H groups in total. The van der Waals surface area contributed by atoms with Crippen molar-refractivity contribution in [1.82, 2.24) is 5.32 Å². The Hall–Kier alpha value is -0.330. The average Bonchev–Trinajstić information content (AvgIpc) is 2.66. The van der Waals surface area contributed by atoms with Crippen molar-refractivity contribution >= 4 is 0 Å². The Kier molecular flexibility index (Phi) is 5.51. The van der Waals surface area contributed by atoms with E-state index in [1.165, 1.54) is 0 Å². The Morgan fingerprint density at radius 3 is 2.44 bits per heavy atom. The fourth-order valence-electron chi connectivity index (χ4n) is 1.71. The third-order valence-electron chi connectivity index (χ3n) is 2.44. The van der Waals surface area contributed by atoms with Crippen molar-refractivity contribution in [2.75, 3.05) is 19.8 Å². The highest BCUT2D eigenvalue weighted by atomic mass is 19.4. The lowest BCUT2D eigenvalue weighted by molar-refractivity contribution is -0.138. The number of hydrogen-bond acceptors (Lipinski definition) is 3. The zero-order chi connectivity index (χ0) is 12.0. The Labute approximate surface area is 93.3 Å². The van der Waals surface area contributed by atoms with E-state index in [0.717, 1.165) is 0 Å². The van der Waals surface area contributed by atoms with E-state index in [1.807, 2.05) is 6.92 Å². The van der Waals surface area contributed by atoms with E-state index in [0.29, 0.717) is 26.2 Å². The Morgan fingerprint density at radius 1 is 1.31 bits per heavy atom. The van der Waals surface area contributed by atoms with Gasteiger partial charge in [0.15, 0.2) is 6.29 Å². The third kappa shape index (κ3) is 5.67. The van der Waals surface area contributed by atoms with Crippen LogP contribution < -0.4 is 5.32 Å². The van der Waals surface area contributed by atoms with E-state index in [-0.39, 0.29) is 18.8 Å². The minimum atomic E-state index is -4.09. The van der Waals surface area contributed by atoms with Gasteiger partial charge < -0.3 is 14.8 Å². The molecule has 1 atom stereocenters. The maximum absolute atomic E-state index is 12.1. The van der Waals surface area contributed by atoms with Crippen LogP contribution in [0.5, 0.6) is 0 Å². The minimum Gasteiger partial charge on any atom is -0.350 e. The molecular formula is C10H18F3NO2. The zero-order valence-electron chi connectivity index (χ0n) is 9.35. The van der Waals surface area contributed by atoms with Gasteiger partial charge in [0.2, 0.25) is 0 Å². The molecule has 3 nitrogen and oxygen atoms in total. The molecule has 0 saturated carbocycles. The summed E-state index contributed by atoms with van der Waals surface area (Å²) in [6.07, 6.45) is -4.66. The van der Waals surface area contributed by atoms with Crippen LogP contribution in [-0.2, 0) is 9.47 Å². The molecule has 0 radical (unpaired) electrons. The summed E-state index contributed by atoms with van der Waals surface area (Å²) in [6, 6.07) is -0.199. The van der Waals surface area contributed by atoms with Gasteiger partial charge in [-0.3, -0.25) is 0 Å². The van der Waals surface area contributed by atoms with E-state index in [9.17, 15) is 13.2 Å². The molecule has 1 aliphatic heterocycles. The second-order valence-corrected chi connectivity index (χ2v) is 3.82. The first-order chi connectivity index (χ1) is 7.51. The second-order valence-electron chi connectivity index (χ2n) is 3.82. The normalized spacial score (nSPS) is 20.2. The molecule has 6 heteroatoms. The van der Waals surface area contributed by atoms with Crippen molar-refractivity contribution in [2.24, 2.45) is 0 Å². The molecule has 0 aromatic carbocycles. The smallest absolute Gasteiger partial charge is 0.350 e. The monoisotopic (exact) mass is 241 g/mol. The lowest BCUT2D eigenvalue weighted by Crippen LogP contribution is -2.34. The van der Waals surface area contributed by atoms with Crippen LogP contribution >= 0.6 is 0 Å². The summed E-state index contributed by atoms with van der Waals surface area (Å²) in [7, 11) is 0. The first-order valence-corrected chi connectivity index (χ1v) is 5.54. The maximum Gasteiger partial charge on any atom is 0.389 e. The molecule has 0 aliphatic carbocycles. The summed E-state index contributed by atoms with van der Waals surface area (Å²) in [6.45, 7) is 3.58. The number of nitrogens with one attached hydrogen (secondary N) is 1. The van der Waals surface area contributed by atoms with Gasteiger partial charge in [-0.1, -0.05) is 6.92 Å². The molecule has 1 rings (SSSR count). The molecule has 0 bridgehead atoms. The summed E-state index contributed by atoms with van der Waals surface area (Å²) in [5, 5.41) is 3.02. The molecule has 1 aliphatic rings.